The molecule has 0 heterocycles. The van der Waals surface area contributed by atoms with Gasteiger partial charge in [-0.2, -0.15) is 0 Å². The highest BCUT2D eigenvalue weighted by Crippen LogP contribution is 2.29. The van der Waals surface area contributed by atoms with Crippen molar-refractivity contribution in [3.05, 3.63) is 18.2 Å². The van der Waals surface area contributed by atoms with E-state index in [1.165, 1.54) is 0 Å². The first kappa shape index (κ1) is 14.4. The molecular weight excluding hydrogens is 230 g/mol. The second-order valence-electron chi connectivity index (χ2n) is 4.08. The Bertz CT molecular complexity index is 391. The maximum atomic E-state index is 11.7. The number of amides is 1. The van der Waals surface area contributed by atoms with Crippen LogP contribution >= 0.6 is 0 Å². The summed E-state index contributed by atoms with van der Waals surface area (Å²) < 4.78 is 10.3. The Kier molecular flexibility index (Phi) is 6.05. The molecule has 0 aliphatic carbocycles. The van der Waals surface area contributed by atoms with Crippen LogP contribution in [-0.2, 0) is 4.79 Å². The Labute approximate surface area is 108 Å². The molecule has 0 fully saturated rings. The molecule has 1 aromatic rings. The quantitative estimate of drug-likeness (QED) is 0.757. The Balaban J connectivity index is 2.59. The molecule has 1 N–H and O–H groups in total. The number of nitrogens with one attached hydrogen (secondary N) is 1. The van der Waals surface area contributed by atoms with E-state index in [0.717, 1.165) is 24.9 Å². The first-order chi connectivity index (χ1) is 8.71. The maximum Gasteiger partial charge on any atom is 0.224 e. The zero-order chi connectivity index (χ0) is 13.4. The third-order valence-corrected chi connectivity index (χ3v) is 2.67. The summed E-state index contributed by atoms with van der Waals surface area (Å²) in [5.74, 6) is 1.31. The minimum absolute atomic E-state index is 0.0377. The van der Waals surface area contributed by atoms with Gasteiger partial charge in [0.2, 0.25) is 5.91 Å². The van der Waals surface area contributed by atoms with Crippen molar-refractivity contribution in [2.75, 3.05) is 19.5 Å². The number of unbranched alkanes of at least 4 members (excludes halogenated alkanes) is 2. The minimum atomic E-state index is 0.0377. The van der Waals surface area contributed by atoms with E-state index >= 15 is 0 Å². The molecule has 0 radical (unpaired) electrons. The van der Waals surface area contributed by atoms with E-state index in [9.17, 15) is 4.79 Å². The third kappa shape index (κ3) is 4.28. The lowest BCUT2D eigenvalue weighted by Crippen LogP contribution is -2.11. The summed E-state index contributed by atoms with van der Waals surface area (Å²) in [5.41, 5.74) is 0.731. The van der Waals surface area contributed by atoms with Gasteiger partial charge in [0, 0.05) is 18.2 Å². The van der Waals surface area contributed by atoms with Gasteiger partial charge in [0.05, 0.1) is 14.2 Å². The summed E-state index contributed by atoms with van der Waals surface area (Å²) in [6.45, 7) is 2.12. The van der Waals surface area contributed by atoms with E-state index in [4.69, 9.17) is 9.47 Å². The fourth-order valence-electron chi connectivity index (χ4n) is 1.67. The van der Waals surface area contributed by atoms with Gasteiger partial charge < -0.3 is 14.8 Å². The molecule has 0 saturated heterocycles. The average molecular weight is 251 g/mol. The van der Waals surface area contributed by atoms with Crippen LogP contribution in [0, 0.1) is 0 Å². The topological polar surface area (TPSA) is 47.6 Å². The summed E-state index contributed by atoms with van der Waals surface area (Å²) in [5, 5.41) is 2.85. The Hall–Kier alpha value is -1.71. The smallest absolute Gasteiger partial charge is 0.224 e. The van der Waals surface area contributed by atoms with E-state index in [2.05, 4.69) is 12.2 Å². The van der Waals surface area contributed by atoms with Crippen LogP contribution < -0.4 is 14.8 Å². The van der Waals surface area contributed by atoms with Crippen LogP contribution in [-0.4, -0.2) is 20.1 Å². The summed E-state index contributed by atoms with van der Waals surface area (Å²) in [6, 6.07) is 5.34. The summed E-state index contributed by atoms with van der Waals surface area (Å²) in [6.07, 6.45) is 3.68. The van der Waals surface area contributed by atoms with Crippen molar-refractivity contribution in [1.82, 2.24) is 0 Å². The average Bonchev–Trinajstić information content (AvgIpc) is 2.39. The molecule has 1 aromatic carbocycles. The maximum absolute atomic E-state index is 11.7. The monoisotopic (exact) mass is 251 g/mol. The van der Waals surface area contributed by atoms with Gasteiger partial charge in [0.1, 0.15) is 0 Å². The predicted octanol–water partition coefficient (Wildman–Crippen LogP) is 3.22. The predicted molar refractivity (Wildman–Crippen MR) is 72.3 cm³/mol. The number of methoxy groups -OCH3 is 2. The molecular formula is C14H21NO3. The van der Waals surface area contributed by atoms with Gasteiger partial charge in [-0.1, -0.05) is 19.8 Å². The number of carbonyl (C=O) groups is 1. The van der Waals surface area contributed by atoms with Crippen LogP contribution in [0.5, 0.6) is 11.5 Å². The lowest BCUT2D eigenvalue weighted by atomic mass is 10.2. The molecule has 1 rings (SSSR count). The highest BCUT2D eigenvalue weighted by atomic mass is 16.5. The van der Waals surface area contributed by atoms with E-state index < -0.39 is 0 Å². The molecule has 4 nitrogen and oxygen atoms in total. The van der Waals surface area contributed by atoms with Crippen molar-refractivity contribution in [3.8, 4) is 11.5 Å². The van der Waals surface area contributed by atoms with E-state index in [0.29, 0.717) is 17.9 Å². The number of carbonyl (C=O) groups excluding carboxylic acids is 1. The Morgan fingerprint density at radius 3 is 2.50 bits per heavy atom. The van der Waals surface area contributed by atoms with Gasteiger partial charge in [-0.05, 0) is 18.6 Å². The molecule has 0 spiro atoms. The molecule has 0 aliphatic heterocycles. The van der Waals surface area contributed by atoms with Crippen LogP contribution in [0.25, 0.3) is 0 Å². The van der Waals surface area contributed by atoms with Gasteiger partial charge in [-0.25, -0.2) is 0 Å². The Morgan fingerprint density at radius 1 is 1.17 bits per heavy atom. The van der Waals surface area contributed by atoms with Crippen LogP contribution in [0.3, 0.4) is 0 Å². The van der Waals surface area contributed by atoms with Crippen molar-refractivity contribution in [2.24, 2.45) is 0 Å². The molecule has 18 heavy (non-hydrogen) atoms. The molecule has 1 amide bonds. The highest BCUT2D eigenvalue weighted by Gasteiger charge is 2.07. The van der Waals surface area contributed by atoms with Crippen molar-refractivity contribution in [3.63, 3.8) is 0 Å². The SMILES string of the molecule is CCCCCC(=O)Nc1ccc(OC)c(OC)c1. The van der Waals surface area contributed by atoms with Gasteiger partial charge in [-0.3, -0.25) is 4.79 Å². The van der Waals surface area contributed by atoms with Gasteiger partial charge in [0.25, 0.3) is 0 Å². The molecule has 0 saturated carbocycles. The number of benzene rings is 1. The van der Waals surface area contributed by atoms with Crippen molar-refractivity contribution in [2.45, 2.75) is 32.6 Å². The Morgan fingerprint density at radius 2 is 1.89 bits per heavy atom. The normalized spacial score (nSPS) is 9.94. The number of ether oxygens (including phenoxy) is 2. The summed E-state index contributed by atoms with van der Waals surface area (Å²) >= 11 is 0. The van der Waals surface area contributed by atoms with Crippen molar-refractivity contribution < 1.29 is 14.3 Å². The molecule has 4 heteroatoms. The van der Waals surface area contributed by atoms with Crippen LogP contribution in [0.4, 0.5) is 5.69 Å². The standard InChI is InChI=1S/C14H21NO3/c1-4-5-6-7-14(16)15-11-8-9-12(17-2)13(10-11)18-3/h8-10H,4-7H2,1-3H3,(H,15,16). The van der Waals surface area contributed by atoms with Gasteiger partial charge in [-0.15, -0.1) is 0 Å². The van der Waals surface area contributed by atoms with Gasteiger partial charge >= 0.3 is 0 Å². The molecule has 0 bridgehead atoms. The second-order valence-corrected chi connectivity index (χ2v) is 4.08. The fourth-order valence-corrected chi connectivity index (χ4v) is 1.67. The molecule has 0 atom stereocenters. The molecule has 0 aromatic heterocycles. The largest absolute Gasteiger partial charge is 0.493 e. The van der Waals surface area contributed by atoms with Crippen LogP contribution in [0.2, 0.25) is 0 Å². The number of hydrogen-bond donors (Lipinski definition) is 1. The molecule has 0 aliphatic rings. The zero-order valence-corrected chi connectivity index (χ0v) is 11.3. The number of rotatable bonds is 7. The van der Waals surface area contributed by atoms with E-state index in [1.54, 1.807) is 32.4 Å². The summed E-state index contributed by atoms with van der Waals surface area (Å²) in [4.78, 5) is 11.7. The first-order valence-corrected chi connectivity index (χ1v) is 6.23. The zero-order valence-electron chi connectivity index (χ0n) is 11.3. The van der Waals surface area contributed by atoms with Crippen LogP contribution in [0.1, 0.15) is 32.6 Å². The van der Waals surface area contributed by atoms with E-state index in [1.807, 2.05) is 0 Å². The van der Waals surface area contributed by atoms with Crippen molar-refractivity contribution in [1.29, 1.82) is 0 Å². The fraction of sp³-hybridized carbons (Fsp3) is 0.500. The third-order valence-electron chi connectivity index (χ3n) is 2.67. The highest BCUT2D eigenvalue weighted by molar-refractivity contribution is 5.91. The van der Waals surface area contributed by atoms with Crippen LogP contribution in [0.15, 0.2) is 18.2 Å². The lowest BCUT2D eigenvalue weighted by Gasteiger charge is -2.10. The molecule has 100 valence electrons. The first-order valence-electron chi connectivity index (χ1n) is 6.23. The van der Waals surface area contributed by atoms with Crippen molar-refractivity contribution >= 4 is 11.6 Å². The summed E-state index contributed by atoms with van der Waals surface area (Å²) in [7, 11) is 3.16. The van der Waals surface area contributed by atoms with Gasteiger partial charge in [0.15, 0.2) is 11.5 Å². The van der Waals surface area contributed by atoms with E-state index in [-0.39, 0.29) is 5.91 Å². The number of hydrogen-bond acceptors (Lipinski definition) is 3. The second kappa shape index (κ2) is 7.58. The number of anilines is 1. The molecule has 0 unspecified atom stereocenters. The minimum Gasteiger partial charge on any atom is -0.493 e. The lowest BCUT2D eigenvalue weighted by molar-refractivity contribution is -0.116.